The quantitative estimate of drug-likeness (QED) is 0.811. The fraction of sp³-hybridized carbons (Fsp3) is 0.273. The first kappa shape index (κ1) is 14.0. The molecule has 0 atom stereocenters. The van der Waals surface area contributed by atoms with Gasteiger partial charge in [0, 0.05) is 48.3 Å². The number of rotatable bonds is 1. The first-order valence-electron chi connectivity index (χ1n) is 5.28. The summed E-state index contributed by atoms with van der Waals surface area (Å²) in [6.45, 7) is 0. The molecule has 18 heavy (non-hydrogen) atoms. The molecular formula is C11H11N4OPrS-. The molecule has 1 amide bonds. The van der Waals surface area contributed by atoms with Crippen LogP contribution in [-0.2, 0) is 19.9 Å². The Bertz CT molecular complexity index is 631. The van der Waals surface area contributed by atoms with Gasteiger partial charge in [0.25, 0.3) is 5.91 Å². The monoisotopic (exact) mass is 388 g/mol. The normalized spacial score (nSPS) is 12.5. The van der Waals surface area contributed by atoms with Gasteiger partial charge in [0.05, 0.1) is 16.8 Å². The SMILES string of the molecule is Cn1ncc2c1-c1c([NH-])sc(C(N)=O)c1CC2.[Pr]. The van der Waals surface area contributed by atoms with Crippen LogP contribution in [0.25, 0.3) is 17.0 Å². The first-order chi connectivity index (χ1) is 8.09. The molecular weight excluding hydrogens is 377 g/mol. The zero-order chi connectivity index (χ0) is 12.2. The number of hydrogen-bond acceptors (Lipinski definition) is 3. The van der Waals surface area contributed by atoms with E-state index in [9.17, 15) is 4.79 Å². The maximum absolute atomic E-state index is 11.3. The van der Waals surface area contributed by atoms with Gasteiger partial charge >= 0.3 is 0 Å². The van der Waals surface area contributed by atoms with E-state index in [-0.39, 0.29) is 41.3 Å². The topological polar surface area (TPSA) is 84.7 Å². The second kappa shape index (κ2) is 4.91. The van der Waals surface area contributed by atoms with Crippen LogP contribution in [0.4, 0.5) is 5.00 Å². The molecule has 0 aliphatic heterocycles. The average Bonchev–Trinajstić information content (AvgIpc) is 2.81. The van der Waals surface area contributed by atoms with Gasteiger partial charge in [0.15, 0.2) is 0 Å². The number of thiophene rings is 1. The summed E-state index contributed by atoms with van der Waals surface area (Å²) < 4.78 is 1.77. The minimum absolute atomic E-state index is 0. The third-order valence-corrected chi connectivity index (χ3v) is 4.19. The second-order valence-corrected chi connectivity index (χ2v) is 5.14. The Balaban J connectivity index is 0.00000120. The van der Waals surface area contributed by atoms with Gasteiger partial charge in [-0.1, -0.05) is 5.00 Å². The van der Waals surface area contributed by atoms with E-state index in [2.05, 4.69) is 5.10 Å². The minimum Gasteiger partial charge on any atom is -0.690 e. The fourth-order valence-electron chi connectivity index (χ4n) is 2.40. The van der Waals surface area contributed by atoms with Gasteiger partial charge in [-0.25, -0.2) is 0 Å². The van der Waals surface area contributed by atoms with Crippen molar-refractivity contribution in [2.45, 2.75) is 12.8 Å². The summed E-state index contributed by atoms with van der Waals surface area (Å²) in [5, 5.41) is 4.62. The van der Waals surface area contributed by atoms with Crippen LogP contribution in [0.1, 0.15) is 20.8 Å². The second-order valence-electron chi connectivity index (χ2n) is 4.12. The largest absolute Gasteiger partial charge is 0.690 e. The average molecular weight is 388 g/mol. The number of carbonyl (C=O) groups excluding carboxylic acids is 1. The predicted octanol–water partition coefficient (Wildman–Crippen LogP) is 2.03. The van der Waals surface area contributed by atoms with E-state index in [0.29, 0.717) is 9.88 Å². The van der Waals surface area contributed by atoms with Gasteiger partial charge in [-0.2, -0.15) is 16.4 Å². The van der Waals surface area contributed by atoms with Crippen molar-refractivity contribution < 1.29 is 46.1 Å². The van der Waals surface area contributed by atoms with Crippen molar-refractivity contribution in [3.05, 3.63) is 27.9 Å². The molecule has 0 aromatic carbocycles. The maximum atomic E-state index is 11.3. The van der Waals surface area contributed by atoms with E-state index in [1.807, 2.05) is 13.2 Å². The molecule has 3 N–H and O–H groups in total. The van der Waals surface area contributed by atoms with Crippen molar-refractivity contribution in [2.24, 2.45) is 12.8 Å². The van der Waals surface area contributed by atoms with Crippen molar-refractivity contribution in [1.82, 2.24) is 9.78 Å². The van der Waals surface area contributed by atoms with Crippen molar-refractivity contribution in [2.75, 3.05) is 0 Å². The molecule has 3 rings (SSSR count). The Labute approximate surface area is 141 Å². The van der Waals surface area contributed by atoms with Crippen LogP contribution >= 0.6 is 11.3 Å². The molecule has 7 heteroatoms. The van der Waals surface area contributed by atoms with E-state index in [0.717, 1.165) is 46.6 Å². The van der Waals surface area contributed by atoms with Crippen LogP contribution in [0.2, 0.25) is 0 Å². The standard InChI is InChI=1S/C11H12N4OS.Pr/c1-15-8-5(4-14-15)2-3-6-7(8)11(13)17-9(6)10(12)16;/h4H,2-3H2,1H3,(H4,12,13,14,16);/p-1. The molecule has 1 aliphatic rings. The summed E-state index contributed by atoms with van der Waals surface area (Å²) in [5.41, 5.74) is 17.2. The van der Waals surface area contributed by atoms with Crippen LogP contribution in [0.15, 0.2) is 6.20 Å². The molecule has 0 fully saturated rings. The summed E-state index contributed by atoms with van der Waals surface area (Å²) in [6.07, 6.45) is 3.45. The molecule has 1 radical (unpaired) electrons. The van der Waals surface area contributed by atoms with Crippen LogP contribution in [0.5, 0.6) is 0 Å². The Hall–Kier alpha value is -0.456. The van der Waals surface area contributed by atoms with Gasteiger partial charge in [-0.05, 0) is 29.5 Å². The van der Waals surface area contributed by atoms with Crippen LogP contribution in [-0.4, -0.2) is 15.7 Å². The van der Waals surface area contributed by atoms with E-state index in [1.54, 1.807) is 4.68 Å². The minimum atomic E-state index is -0.435. The molecule has 2 heterocycles. The molecule has 0 saturated carbocycles. The first-order valence-corrected chi connectivity index (χ1v) is 6.09. The number of hydrogen-bond donors (Lipinski definition) is 1. The molecule has 0 bridgehead atoms. The molecule has 0 unspecified atom stereocenters. The van der Waals surface area contributed by atoms with Crippen molar-refractivity contribution in [1.29, 1.82) is 0 Å². The summed E-state index contributed by atoms with van der Waals surface area (Å²) in [7, 11) is 1.86. The Morgan fingerprint density at radius 1 is 1.56 bits per heavy atom. The summed E-state index contributed by atoms with van der Waals surface area (Å²) in [5.74, 6) is -0.435. The van der Waals surface area contributed by atoms with Crippen molar-refractivity contribution >= 4 is 22.2 Å². The zero-order valence-corrected chi connectivity index (χ0v) is 14.4. The zero-order valence-electron chi connectivity index (χ0n) is 9.86. The number of nitrogens with one attached hydrogen (secondary N) is 1. The number of amides is 1. The van der Waals surface area contributed by atoms with E-state index < -0.39 is 5.91 Å². The fourth-order valence-corrected chi connectivity index (χ4v) is 3.36. The smallest absolute Gasteiger partial charge is 0.259 e. The third-order valence-electron chi connectivity index (χ3n) is 3.13. The van der Waals surface area contributed by atoms with Gasteiger partial charge in [0.1, 0.15) is 0 Å². The Morgan fingerprint density at radius 3 is 2.94 bits per heavy atom. The molecule has 91 valence electrons. The van der Waals surface area contributed by atoms with Crippen LogP contribution < -0.4 is 5.73 Å². The van der Waals surface area contributed by atoms with Gasteiger partial charge in [-0.15, -0.1) is 0 Å². The third kappa shape index (κ3) is 1.90. The number of aromatic nitrogens is 2. The number of aryl methyl sites for hydroxylation is 2. The summed E-state index contributed by atoms with van der Waals surface area (Å²) >= 11 is 1.16. The van der Waals surface area contributed by atoms with Crippen LogP contribution in [0.3, 0.4) is 0 Å². The van der Waals surface area contributed by atoms with Gasteiger partial charge in [0.2, 0.25) is 0 Å². The van der Waals surface area contributed by atoms with Gasteiger partial charge in [-0.3, -0.25) is 9.48 Å². The molecule has 0 spiro atoms. The number of carbonyl (C=O) groups is 1. The summed E-state index contributed by atoms with van der Waals surface area (Å²) in [6, 6.07) is 0. The van der Waals surface area contributed by atoms with Crippen molar-refractivity contribution in [3.63, 3.8) is 0 Å². The number of primary amides is 1. The molecule has 5 nitrogen and oxygen atoms in total. The van der Waals surface area contributed by atoms with E-state index in [1.165, 1.54) is 0 Å². The molecule has 1 aliphatic carbocycles. The Morgan fingerprint density at radius 2 is 2.28 bits per heavy atom. The summed E-state index contributed by atoms with van der Waals surface area (Å²) in [4.78, 5) is 11.9. The predicted molar refractivity (Wildman–Crippen MR) is 66.4 cm³/mol. The van der Waals surface area contributed by atoms with Crippen molar-refractivity contribution in [3.8, 4) is 11.3 Å². The molecule has 0 saturated heterocycles. The molecule has 2 aromatic heterocycles. The van der Waals surface area contributed by atoms with Crippen LogP contribution in [0, 0.1) is 41.3 Å². The number of fused-ring (bicyclic) bond motifs is 3. The number of nitrogens with two attached hydrogens (primary N) is 1. The number of nitrogens with zero attached hydrogens (tertiary/aromatic N) is 2. The van der Waals surface area contributed by atoms with E-state index >= 15 is 0 Å². The Kier molecular flexibility index (Phi) is 3.81. The van der Waals surface area contributed by atoms with E-state index in [4.69, 9.17) is 11.5 Å². The van der Waals surface area contributed by atoms with Gasteiger partial charge < -0.3 is 11.5 Å². The maximum Gasteiger partial charge on any atom is 0.259 e. The molecule has 2 aromatic rings.